The van der Waals surface area contributed by atoms with Crippen LogP contribution in [0.4, 0.5) is 5.69 Å². The van der Waals surface area contributed by atoms with Gasteiger partial charge in [0.2, 0.25) is 0 Å². The van der Waals surface area contributed by atoms with Crippen molar-refractivity contribution in [1.29, 1.82) is 0 Å². The molecule has 0 amide bonds. The summed E-state index contributed by atoms with van der Waals surface area (Å²) < 4.78 is 24.4. The zero-order chi connectivity index (χ0) is 12.8. The van der Waals surface area contributed by atoms with Gasteiger partial charge in [0.1, 0.15) is 5.75 Å². The quantitative estimate of drug-likeness (QED) is 0.467. The fraction of sp³-hybridized carbons (Fsp3) is 0.333. The normalized spacial score (nSPS) is 13.8. The van der Waals surface area contributed by atoms with Gasteiger partial charge in [0.05, 0.1) is 4.92 Å². The first-order valence-electron chi connectivity index (χ1n) is 4.81. The van der Waals surface area contributed by atoms with Crippen LogP contribution in [0.3, 0.4) is 0 Å². The molecule has 0 saturated heterocycles. The number of nitro groups is 1. The Morgan fingerprint density at radius 1 is 1.29 bits per heavy atom. The molecule has 0 spiro atoms. The van der Waals surface area contributed by atoms with E-state index in [2.05, 4.69) is 4.18 Å². The number of thiol groups is 1. The number of hydrogen-bond donors (Lipinski definition) is 2. The van der Waals surface area contributed by atoms with Crippen molar-refractivity contribution in [3.05, 3.63) is 34.4 Å². The van der Waals surface area contributed by atoms with Gasteiger partial charge in [0.15, 0.2) is 0 Å². The summed E-state index contributed by atoms with van der Waals surface area (Å²) >= 11 is 0. The van der Waals surface area contributed by atoms with Crippen molar-refractivity contribution in [2.24, 2.45) is 5.73 Å². The largest absolute Gasteiger partial charge is 0.384 e. The molecule has 0 aliphatic heterocycles. The van der Waals surface area contributed by atoms with Gasteiger partial charge < -0.3 is 9.92 Å². The van der Waals surface area contributed by atoms with Crippen LogP contribution >= 0.6 is 0 Å². The highest BCUT2D eigenvalue weighted by molar-refractivity contribution is 7.67. The number of hydrogen-bond acceptors (Lipinski definition) is 6. The molecule has 17 heavy (non-hydrogen) atoms. The number of rotatable bonds is 3. The number of benzene rings is 1. The smallest absolute Gasteiger partial charge is 0.299 e. The van der Waals surface area contributed by atoms with Crippen LogP contribution in [0.1, 0.15) is 12.8 Å². The van der Waals surface area contributed by atoms with Crippen molar-refractivity contribution in [3.63, 3.8) is 0 Å². The summed E-state index contributed by atoms with van der Waals surface area (Å²) in [6, 6.07) is 5.33. The van der Waals surface area contributed by atoms with Gasteiger partial charge in [0.25, 0.3) is 16.7 Å². The highest BCUT2D eigenvalue weighted by Gasteiger charge is 2.13. The third kappa shape index (κ3) is 5.83. The fourth-order valence-corrected chi connectivity index (χ4v) is 1.10. The molecular weight excluding hydrogens is 248 g/mol. The molecule has 0 radical (unpaired) electrons. The third-order valence-electron chi connectivity index (χ3n) is 1.85. The average molecular weight is 260 g/mol. The lowest BCUT2D eigenvalue weighted by molar-refractivity contribution is -0.384. The van der Waals surface area contributed by atoms with E-state index in [1.807, 2.05) is 0 Å². The highest BCUT2D eigenvalue weighted by Crippen LogP contribution is 2.17. The molecule has 0 bridgehead atoms. The lowest BCUT2D eigenvalue weighted by atomic mass is 10.3. The first-order valence-corrected chi connectivity index (χ1v) is 5.91. The maximum absolute atomic E-state index is 10.2. The molecule has 0 heterocycles. The third-order valence-corrected chi connectivity index (χ3v) is 2.21. The minimum absolute atomic E-state index is 0.0571. The van der Waals surface area contributed by atoms with Gasteiger partial charge in [0, 0.05) is 18.2 Å². The van der Waals surface area contributed by atoms with Crippen molar-refractivity contribution in [2.75, 3.05) is 0 Å². The predicted octanol–water partition coefficient (Wildman–Crippen LogP) is 0.608. The molecule has 1 saturated carbocycles. The Kier molecular flexibility index (Phi) is 4.85. The van der Waals surface area contributed by atoms with Gasteiger partial charge in [-0.2, -0.15) is 8.42 Å². The van der Waals surface area contributed by atoms with Gasteiger partial charge in [-0.1, -0.05) is 0 Å². The van der Waals surface area contributed by atoms with Crippen molar-refractivity contribution in [1.82, 2.24) is 0 Å². The second kappa shape index (κ2) is 6.16. The lowest BCUT2D eigenvalue weighted by Crippen LogP contribution is -1.94. The van der Waals surface area contributed by atoms with E-state index in [4.69, 9.17) is 5.73 Å². The molecule has 1 fully saturated rings. The fourth-order valence-electron chi connectivity index (χ4n) is 0.811. The van der Waals surface area contributed by atoms with Gasteiger partial charge in [-0.05, 0) is 25.0 Å². The summed E-state index contributed by atoms with van der Waals surface area (Å²) in [6.07, 6.45) is 2.53. The highest BCUT2D eigenvalue weighted by atomic mass is 32.2. The van der Waals surface area contributed by atoms with Gasteiger partial charge >= 0.3 is 0 Å². The second-order valence-corrected chi connectivity index (χ2v) is 4.03. The van der Waals surface area contributed by atoms with Crippen LogP contribution in [0.15, 0.2) is 24.3 Å². The monoisotopic (exact) mass is 260 g/mol. The number of non-ortho nitro benzene ring substituents is 1. The molecule has 1 aliphatic rings. The van der Waals surface area contributed by atoms with Crippen LogP contribution in [0, 0.1) is 10.1 Å². The minimum atomic E-state index is -2.97. The summed E-state index contributed by atoms with van der Waals surface area (Å²) in [6.45, 7) is 0. The Morgan fingerprint density at radius 2 is 1.76 bits per heavy atom. The Hall–Kier alpha value is -1.67. The number of nitro benzene ring substituents is 1. The zero-order valence-electron chi connectivity index (χ0n) is 8.81. The van der Waals surface area contributed by atoms with E-state index in [0.29, 0.717) is 6.04 Å². The topological polar surface area (TPSA) is 113 Å². The van der Waals surface area contributed by atoms with E-state index in [0.717, 1.165) is 12.1 Å². The van der Waals surface area contributed by atoms with E-state index < -0.39 is 15.9 Å². The molecule has 0 aromatic heterocycles. The van der Waals surface area contributed by atoms with Gasteiger partial charge in [-0.25, -0.2) is 0 Å². The molecule has 7 nitrogen and oxygen atoms in total. The number of nitrogens with zero attached hydrogens (tertiary/aromatic N) is 1. The summed E-state index contributed by atoms with van der Waals surface area (Å²) in [5, 5.41) is 10.2. The predicted molar refractivity (Wildman–Crippen MR) is 61.2 cm³/mol. The Balaban J connectivity index is 0.000000302. The summed E-state index contributed by atoms with van der Waals surface area (Å²) in [5.41, 5.74) is 5.11. The van der Waals surface area contributed by atoms with Crippen LogP contribution in [-0.2, 0) is 11.0 Å². The Bertz CT molecular complexity index is 445. The van der Waals surface area contributed by atoms with Crippen molar-refractivity contribution in [3.8, 4) is 5.75 Å². The maximum atomic E-state index is 10.2. The molecule has 1 aromatic rings. The number of nitrogens with two attached hydrogens (primary N) is 1. The van der Waals surface area contributed by atoms with E-state index in [-0.39, 0.29) is 11.4 Å². The summed E-state index contributed by atoms with van der Waals surface area (Å²) in [4.78, 5) is 9.60. The maximum Gasteiger partial charge on any atom is 0.299 e. The molecule has 8 heteroatoms. The molecule has 94 valence electrons. The molecule has 2 N–H and O–H groups in total. The van der Waals surface area contributed by atoms with Crippen molar-refractivity contribution in [2.45, 2.75) is 18.9 Å². The van der Waals surface area contributed by atoms with Crippen LogP contribution in [0.5, 0.6) is 5.75 Å². The SMILES string of the molecule is NC1CC1.O=[N+]([O-])c1ccc(O[SH](=O)=O)cc1. The molecule has 1 aliphatic carbocycles. The molecule has 0 unspecified atom stereocenters. The Morgan fingerprint density at radius 3 is 2.06 bits per heavy atom. The van der Waals surface area contributed by atoms with Crippen LogP contribution in [0.25, 0.3) is 0 Å². The van der Waals surface area contributed by atoms with E-state index in [9.17, 15) is 18.5 Å². The molecular formula is C9H12N2O5S. The summed E-state index contributed by atoms with van der Waals surface area (Å²) in [7, 11) is -2.97. The van der Waals surface area contributed by atoms with E-state index in [1.165, 1.54) is 25.0 Å². The average Bonchev–Trinajstić information content (AvgIpc) is 3.01. The van der Waals surface area contributed by atoms with Crippen LogP contribution in [0.2, 0.25) is 0 Å². The molecule has 0 atom stereocenters. The van der Waals surface area contributed by atoms with Crippen LogP contribution in [-0.4, -0.2) is 19.4 Å². The van der Waals surface area contributed by atoms with E-state index in [1.54, 1.807) is 0 Å². The lowest BCUT2D eigenvalue weighted by Gasteiger charge is -1.95. The van der Waals surface area contributed by atoms with Crippen molar-refractivity contribution < 1.29 is 17.5 Å². The van der Waals surface area contributed by atoms with E-state index >= 15 is 0 Å². The van der Waals surface area contributed by atoms with Crippen LogP contribution < -0.4 is 9.92 Å². The first-order chi connectivity index (χ1) is 7.99. The first kappa shape index (κ1) is 13.4. The molecule has 2 rings (SSSR count). The Labute approximate surface area is 99.5 Å². The van der Waals surface area contributed by atoms with Gasteiger partial charge in [-0.15, -0.1) is 0 Å². The van der Waals surface area contributed by atoms with Crippen molar-refractivity contribution >= 4 is 16.7 Å². The summed E-state index contributed by atoms with van der Waals surface area (Å²) in [5.74, 6) is 0.0571. The second-order valence-electron chi connectivity index (χ2n) is 3.40. The molecule has 1 aromatic carbocycles. The zero-order valence-corrected chi connectivity index (χ0v) is 9.71. The standard InChI is InChI=1S/C6H5NO5S.C3H7N/c8-7(9)5-1-3-6(4-2-5)12-13(10)11;4-3-1-2-3/h1-4,13H;3H,1-2,4H2. The minimum Gasteiger partial charge on any atom is -0.384 e. The van der Waals surface area contributed by atoms with Gasteiger partial charge in [-0.3, -0.25) is 10.1 Å².